The van der Waals surface area contributed by atoms with Crippen LogP contribution in [0.25, 0.3) is 42.1 Å². The number of rotatable bonds is 2. The van der Waals surface area contributed by atoms with Gasteiger partial charge in [0.15, 0.2) is 0 Å². The van der Waals surface area contributed by atoms with Crippen molar-refractivity contribution < 1.29 is 9.31 Å². The van der Waals surface area contributed by atoms with Crippen molar-refractivity contribution in [2.24, 2.45) is 0 Å². The largest absolute Gasteiger partial charge is 0.495 e. The minimum atomic E-state index is -0.376. The molecule has 32 heavy (non-hydrogen) atoms. The molecule has 1 saturated heterocycles. The van der Waals surface area contributed by atoms with Crippen molar-refractivity contribution in [3.05, 3.63) is 78.9 Å². The van der Waals surface area contributed by atoms with Crippen LogP contribution in [0, 0.1) is 0 Å². The Bertz CT molecular complexity index is 1480. The van der Waals surface area contributed by atoms with Gasteiger partial charge >= 0.3 is 7.12 Å². The van der Waals surface area contributed by atoms with E-state index in [9.17, 15) is 0 Å². The lowest BCUT2D eigenvalue weighted by atomic mass is 9.75. The molecule has 0 unspecified atom stereocenters. The van der Waals surface area contributed by atoms with Gasteiger partial charge in [-0.3, -0.25) is 0 Å². The van der Waals surface area contributed by atoms with E-state index in [2.05, 4.69) is 107 Å². The van der Waals surface area contributed by atoms with Gasteiger partial charge in [-0.1, -0.05) is 72.8 Å². The number of thiophene rings is 1. The molecular formula is C28H25BO2S. The highest BCUT2D eigenvalue weighted by Gasteiger charge is 2.52. The number of hydrogen-bond donors (Lipinski definition) is 0. The molecule has 0 amide bonds. The molecule has 0 radical (unpaired) electrons. The van der Waals surface area contributed by atoms with E-state index >= 15 is 0 Å². The highest BCUT2D eigenvalue weighted by atomic mass is 32.1. The zero-order valence-electron chi connectivity index (χ0n) is 18.8. The van der Waals surface area contributed by atoms with Gasteiger partial charge < -0.3 is 9.31 Å². The molecule has 0 bridgehead atoms. The first kappa shape index (κ1) is 20.0. The molecule has 1 aromatic heterocycles. The van der Waals surface area contributed by atoms with E-state index in [1.807, 2.05) is 11.3 Å². The summed E-state index contributed by atoms with van der Waals surface area (Å²) in [5, 5.41) is 5.06. The van der Waals surface area contributed by atoms with Crippen molar-refractivity contribution in [2.75, 3.05) is 0 Å². The van der Waals surface area contributed by atoms with Crippen LogP contribution in [-0.4, -0.2) is 18.3 Å². The summed E-state index contributed by atoms with van der Waals surface area (Å²) in [5.74, 6) is 0. The molecule has 0 N–H and O–H groups in total. The van der Waals surface area contributed by atoms with E-state index < -0.39 is 0 Å². The molecule has 6 rings (SSSR count). The van der Waals surface area contributed by atoms with E-state index in [1.165, 1.54) is 42.1 Å². The van der Waals surface area contributed by atoms with Crippen LogP contribution < -0.4 is 5.46 Å². The average Bonchev–Trinajstić information content (AvgIpc) is 3.26. The van der Waals surface area contributed by atoms with Gasteiger partial charge in [-0.15, -0.1) is 11.3 Å². The molecule has 1 fully saturated rings. The van der Waals surface area contributed by atoms with Gasteiger partial charge in [0.25, 0.3) is 0 Å². The third kappa shape index (κ3) is 2.87. The van der Waals surface area contributed by atoms with Crippen molar-refractivity contribution >= 4 is 54.9 Å². The molecule has 0 atom stereocenters. The predicted molar refractivity (Wildman–Crippen MR) is 138 cm³/mol. The SMILES string of the molecule is CC1(C)OB(c2cccc3c(-c4cccc5c4sc4ccccc45)cccc23)OC1(C)C. The van der Waals surface area contributed by atoms with Gasteiger partial charge in [-0.25, -0.2) is 0 Å². The Morgan fingerprint density at radius 1 is 0.594 bits per heavy atom. The maximum atomic E-state index is 6.39. The first-order valence-electron chi connectivity index (χ1n) is 11.1. The molecular weight excluding hydrogens is 411 g/mol. The van der Waals surface area contributed by atoms with Crippen molar-refractivity contribution in [3.63, 3.8) is 0 Å². The third-order valence-electron chi connectivity index (χ3n) is 7.16. The topological polar surface area (TPSA) is 18.5 Å². The molecule has 0 saturated carbocycles. The Kier molecular flexibility index (Phi) is 4.32. The molecule has 2 nitrogen and oxygen atoms in total. The van der Waals surface area contributed by atoms with Gasteiger partial charge in [0, 0.05) is 25.7 Å². The monoisotopic (exact) mass is 436 g/mol. The molecule has 4 aromatic carbocycles. The second-order valence-electron chi connectivity index (χ2n) is 9.62. The van der Waals surface area contributed by atoms with Crippen LogP contribution in [0.15, 0.2) is 78.9 Å². The lowest BCUT2D eigenvalue weighted by Crippen LogP contribution is -2.41. The van der Waals surface area contributed by atoms with Crippen LogP contribution in [0.1, 0.15) is 27.7 Å². The van der Waals surface area contributed by atoms with Crippen molar-refractivity contribution in [1.82, 2.24) is 0 Å². The van der Waals surface area contributed by atoms with Crippen molar-refractivity contribution in [2.45, 2.75) is 38.9 Å². The first-order valence-corrected chi connectivity index (χ1v) is 12.0. The van der Waals surface area contributed by atoms with E-state index in [0.717, 1.165) is 5.46 Å². The normalized spacial score (nSPS) is 17.6. The molecule has 1 aliphatic heterocycles. The van der Waals surface area contributed by atoms with Gasteiger partial charge in [-0.2, -0.15) is 0 Å². The molecule has 158 valence electrons. The summed E-state index contributed by atoms with van der Waals surface area (Å²) in [7, 11) is -0.376. The van der Waals surface area contributed by atoms with E-state index in [4.69, 9.17) is 9.31 Å². The smallest absolute Gasteiger partial charge is 0.399 e. The summed E-state index contributed by atoms with van der Waals surface area (Å²) in [6.07, 6.45) is 0. The van der Waals surface area contributed by atoms with Gasteiger partial charge in [0.1, 0.15) is 0 Å². The fraction of sp³-hybridized carbons (Fsp3) is 0.214. The number of hydrogen-bond acceptors (Lipinski definition) is 3. The Morgan fingerprint density at radius 3 is 1.97 bits per heavy atom. The van der Waals surface area contributed by atoms with Gasteiger partial charge in [0.05, 0.1) is 11.2 Å². The third-order valence-corrected chi connectivity index (χ3v) is 8.38. The van der Waals surface area contributed by atoms with Crippen LogP contribution in [0.4, 0.5) is 0 Å². The highest BCUT2D eigenvalue weighted by Crippen LogP contribution is 2.42. The van der Waals surface area contributed by atoms with Gasteiger partial charge in [-0.05, 0) is 55.6 Å². The summed E-state index contributed by atoms with van der Waals surface area (Å²) in [5.41, 5.74) is 2.89. The molecule has 2 heterocycles. The standard InChI is InChI=1S/C28H25BO2S/c1-27(2)28(3,4)31-29(30-27)24-16-9-12-18-19(11-7-13-20(18)24)22-14-8-15-23-21-10-5-6-17-25(21)32-26(22)23/h5-17H,1-4H3. The quantitative estimate of drug-likeness (QED) is 0.273. The minimum Gasteiger partial charge on any atom is -0.399 e. The Hall–Kier alpha value is -2.66. The summed E-state index contributed by atoms with van der Waals surface area (Å²) in [6, 6.07) is 28.4. The summed E-state index contributed by atoms with van der Waals surface area (Å²) in [6.45, 7) is 8.41. The van der Waals surface area contributed by atoms with Crippen LogP contribution in [0.3, 0.4) is 0 Å². The van der Waals surface area contributed by atoms with E-state index in [1.54, 1.807) is 0 Å². The molecule has 5 aromatic rings. The summed E-state index contributed by atoms with van der Waals surface area (Å²) >= 11 is 1.87. The lowest BCUT2D eigenvalue weighted by molar-refractivity contribution is 0.00578. The first-order chi connectivity index (χ1) is 15.4. The van der Waals surface area contributed by atoms with Crippen molar-refractivity contribution in [1.29, 1.82) is 0 Å². The molecule has 0 spiro atoms. The Labute approximate surface area is 192 Å². The molecule has 1 aliphatic rings. The zero-order valence-corrected chi connectivity index (χ0v) is 19.6. The van der Waals surface area contributed by atoms with Crippen LogP contribution in [-0.2, 0) is 9.31 Å². The second kappa shape index (κ2) is 6.92. The fourth-order valence-corrected chi connectivity index (χ4v) is 5.93. The van der Waals surface area contributed by atoms with Crippen LogP contribution >= 0.6 is 11.3 Å². The zero-order chi connectivity index (χ0) is 22.1. The number of benzene rings is 4. The Balaban J connectivity index is 1.56. The minimum absolute atomic E-state index is 0.361. The Morgan fingerprint density at radius 2 is 1.19 bits per heavy atom. The van der Waals surface area contributed by atoms with Crippen LogP contribution in [0.2, 0.25) is 0 Å². The maximum absolute atomic E-state index is 6.39. The number of fused-ring (bicyclic) bond motifs is 4. The van der Waals surface area contributed by atoms with Crippen LogP contribution in [0.5, 0.6) is 0 Å². The lowest BCUT2D eigenvalue weighted by Gasteiger charge is -2.32. The van der Waals surface area contributed by atoms with E-state index in [-0.39, 0.29) is 18.3 Å². The average molecular weight is 436 g/mol. The highest BCUT2D eigenvalue weighted by molar-refractivity contribution is 7.26. The maximum Gasteiger partial charge on any atom is 0.495 e. The second-order valence-corrected chi connectivity index (χ2v) is 10.7. The van der Waals surface area contributed by atoms with Gasteiger partial charge in [0.2, 0.25) is 0 Å². The fourth-order valence-electron chi connectivity index (χ4n) is 4.70. The van der Waals surface area contributed by atoms with Crippen molar-refractivity contribution in [3.8, 4) is 11.1 Å². The van der Waals surface area contributed by atoms with E-state index in [0.29, 0.717) is 0 Å². The molecule has 4 heteroatoms. The molecule has 0 aliphatic carbocycles. The summed E-state index contributed by atoms with van der Waals surface area (Å²) in [4.78, 5) is 0. The summed E-state index contributed by atoms with van der Waals surface area (Å²) < 4.78 is 15.4. The predicted octanol–water partition coefficient (Wildman–Crippen LogP) is 7.17.